The average Bonchev–Trinajstić information content (AvgIpc) is 3.12. The number of nitrogens with one attached hydrogen (secondary N) is 3. The maximum atomic E-state index is 12.8. The molecule has 1 saturated heterocycles. The van der Waals surface area contributed by atoms with Gasteiger partial charge in [-0.15, -0.1) is 0 Å². The number of likely N-dealkylation sites (N-methyl/N-ethyl adjacent to an activating group) is 1. The van der Waals surface area contributed by atoms with Crippen LogP contribution in [0.1, 0.15) is 31.4 Å². The molecule has 0 radical (unpaired) electrons. The lowest BCUT2D eigenvalue weighted by Crippen LogP contribution is -2.56. The molecule has 2 fully saturated rings. The molecule has 8 nitrogen and oxygen atoms in total. The first-order chi connectivity index (χ1) is 13.0. The van der Waals surface area contributed by atoms with Gasteiger partial charge in [0.2, 0.25) is 5.91 Å². The van der Waals surface area contributed by atoms with Crippen molar-refractivity contribution in [3.05, 3.63) is 29.8 Å². The molecule has 3 rings (SSSR count). The third-order valence-corrected chi connectivity index (χ3v) is 5.51. The molecule has 1 heterocycles. The predicted molar refractivity (Wildman–Crippen MR) is 100 cm³/mol. The Bertz CT molecular complexity index is 660. The van der Waals surface area contributed by atoms with Crippen LogP contribution < -0.4 is 20.9 Å². The third-order valence-electron chi connectivity index (χ3n) is 5.51. The van der Waals surface area contributed by atoms with Gasteiger partial charge >= 0.3 is 5.97 Å². The molecular formula is C19H28N4O4. The third kappa shape index (κ3) is 4.58. The van der Waals surface area contributed by atoms with E-state index in [-0.39, 0.29) is 36.5 Å². The van der Waals surface area contributed by atoms with E-state index in [1.54, 1.807) is 7.11 Å². The largest absolute Gasteiger partial charge is 0.497 e. The summed E-state index contributed by atoms with van der Waals surface area (Å²) in [6, 6.07) is 7.97. The zero-order valence-electron chi connectivity index (χ0n) is 15.8. The van der Waals surface area contributed by atoms with Gasteiger partial charge < -0.3 is 15.2 Å². The molecule has 1 aromatic rings. The lowest BCUT2D eigenvalue weighted by molar-refractivity contribution is -0.140. The van der Waals surface area contributed by atoms with Gasteiger partial charge in [-0.25, -0.2) is 5.43 Å². The highest BCUT2D eigenvalue weighted by Crippen LogP contribution is 2.29. The first-order valence-corrected chi connectivity index (χ1v) is 9.40. The van der Waals surface area contributed by atoms with E-state index in [0.29, 0.717) is 13.1 Å². The van der Waals surface area contributed by atoms with Gasteiger partial charge in [0, 0.05) is 18.6 Å². The Morgan fingerprint density at radius 2 is 2.00 bits per heavy atom. The van der Waals surface area contributed by atoms with Crippen LogP contribution in [0.2, 0.25) is 0 Å². The number of ether oxygens (including phenoxy) is 1. The van der Waals surface area contributed by atoms with Gasteiger partial charge in [-0.2, -0.15) is 0 Å². The molecule has 2 atom stereocenters. The Morgan fingerprint density at radius 1 is 1.30 bits per heavy atom. The van der Waals surface area contributed by atoms with Crippen LogP contribution in [0.4, 0.5) is 0 Å². The number of hydrogen-bond acceptors (Lipinski definition) is 6. The number of carbonyl (C=O) groups is 2. The quantitative estimate of drug-likeness (QED) is 0.524. The number of benzene rings is 1. The summed E-state index contributed by atoms with van der Waals surface area (Å²) in [5.74, 6) is -0.195. The molecule has 4 N–H and O–H groups in total. The average molecular weight is 376 g/mol. The van der Waals surface area contributed by atoms with Crippen LogP contribution in [-0.2, 0) is 9.59 Å². The summed E-state index contributed by atoms with van der Waals surface area (Å²) in [7, 11) is 1.63. The Hall–Kier alpha value is -2.16. The molecule has 0 bridgehead atoms. The normalized spacial score (nSPS) is 27.2. The van der Waals surface area contributed by atoms with E-state index in [9.17, 15) is 9.59 Å². The minimum Gasteiger partial charge on any atom is -0.497 e. The molecule has 1 amide bonds. The summed E-state index contributed by atoms with van der Waals surface area (Å²) in [5.41, 5.74) is 7.30. The number of nitrogens with zero attached hydrogens (tertiary/aromatic N) is 1. The minimum absolute atomic E-state index is 0.0260. The van der Waals surface area contributed by atoms with E-state index in [1.165, 1.54) is 0 Å². The minimum atomic E-state index is -0.810. The molecule has 2 aliphatic rings. The summed E-state index contributed by atoms with van der Waals surface area (Å²) >= 11 is 0. The van der Waals surface area contributed by atoms with Crippen molar-refractivity contribution in [1.82, 2.24) is 21.1 Å². The number of hydrazine groups is 1. The fourth-order valence-corrected chi connectivity index (χ4v) is 3.85. The number of rotatable bonds is 8. The molecule has 2 unspecified atom stereocenters. The summed E-state index contributed by atoms with van der Waals surface area (Å²) < 4.78 is 5.19. The van der Waals surface area contributed by atoms with Gasteiger partial charge in [0.25, 0.3) is 0 Å². The van der Waals surface area contributed by atoms with Crippen LogP contribution in [0.25, 0.3) is 0 Å². The van der Waals surface area contributed by atoms with Gasteiger partial charge in [-0.05, 0) is 37.1 Å². The van der Waals surface area contributed by atoms with Crippen molar-refractivity contribution in [3.8, 4) is 5.75 Å². The number of aliphatic carboxylic acids is 1. The first kappa shape index (κ1) is 19.6. The number of carboxylic acid groups (broad SMARTS) is 1. The lowest BCUT2D eigenvalue weighted by atomic mass is 9.84. The zero-order chi connectivity index (χ0) is 19.4. The van der Waals surface area contributed by atoms with Gasteiger partial charge in [-0.3, -0.25) is 19.9 Å². The highest BCUT2D eigenvalue weighted by Gasteiger charge is 2.39. The van der Waals surface area contributed by atoms with Crippen molar-refractivity contribution in [2.75, 3.05) is 26.7 Å². The van der Waals surface area contributed by atoms with E-state index < -0.39 is 5.97 Å². The molecule has 1 saturated carbocycles. The van der Waals surface area contributed by atoms with Crippen LogP contribution in [0, 0.1) is 5.92 Å². The SMILES string of the molecule is CCN(CC(=O)O)C1CC(NC(=O)C2CNNC2c2ccc(OC)cc2)C1. The number of carboxylic acids is 1. The van der Waals surface area contributed by atoms with E-state index in [0.717, 1.165) is 24.2 Å². The fourth-order valence-electron chi connectivity index (χ4n) is 3.85. The van der Waals surface area contributed by atoms with Crippen molar-refractivity contribution >= 4 is 11.9 Å². The van der Waals surface area contributed by atoms with Crippen molar-refractivity contribution in [2.45, 2.75) is 37.9 Å². The van der Waals surface area contributed by atoms with Crippen molar-refractivity contribution in [1.29, 1.82) is 0 Å². The van der Waals surface area contributed by atoms with Crippen LogP contribution in [0.15, 0.2) is 24.3 Å². The van der Waals surface area contributed by atoms with Crippen molar-refractivity contribution in [3.63, 3.8) is 0 Å². The maximum Gasteiger partial charge on any atom is 0.317 e. The Labute approximate surface area is 159 Å². The second-order valence-corrected chi connectivity index (χ2v) is 7.17. The summed E-state index contributed by atoms with van der Waals surface area (Å²) in [5, 5.41) is 12.1. The molecule has 1 aromatic carbocycles. The van der Waals surface area contributed by atoms with Gasteiger partial charge in [0.1, 0.15) is 5.75 Å². The van der Waals surface area contributed by atoms with Gasteiger partial charge in [-0.1, -0.05) is 19.1 Å². The number of carbonyl (C=O) groups excluding carboxylic acids is 1. The molecular weight excluding hydrogens is 348 g/mol. The second kappa shape index (κ2) is 8.69. The molecule has 8 heteroatoms. The van der Waals surface area contributed by atoms with E-state index in [1.807, 2.05) is 36.1 Å². The van der Waals surface area contributed by atoms with E-state index >= 15 is 0 Å². The van der Waals surface area contributed by atoms with Crippen LogP contribution in [-0.4, -0.2) is 60.7 Å². The predicted octanol–water partition coefficient (Wildman–Crippen LogP) is 0.514. The molecule has 0 aromatic heterocycles. The monoisotopic (exact) mass is 376 g/mol. The number of methoxy groups -OCH3 is 1. The zero-order valence-corrected chi connectivity index (χ0v) is 15.8. The summed E-state index contributed by atoms with van der Waals surface area (Å²) in [6.45, 7) is 3.29. The number of amides is 1. The first-order valence-electron chi connectivity index (χ1n) is 9.40. The van der Waals surface area contributed by atoms with Crippen LogP contribution in [0.3, 0.4) is 0 Å². The smallest absolute Gasteiger partial charge is 0.317 e. The Kier molecular flexibility index (Phi) is 6.30. The van der Waals surface area contributed by atoms with Crippen molar-refractivity contribution < 1.29 is 19.4 Å². The highest BCUT2D eigenvalue weighted by molar-refractivity contribution is 5.80. The molecule has 1 aliphatic carbocycles. The topological polar surface area (TPSA) is 103 Å². The number of hydrogen-bond donors (Lipinski definition) is 4. The Morgan fingerprint density at radius 3 is 2.59 bits per heavy atom. The van der Waals surface area contributed by atoms with Crippen molar-refractivity contribution in [2.24, 2.45) is 5.92 Å². The lowest BCUT2D eigenvalue weighted by Gasteiger charge is -2.42. The van der Waals surface area contributed by atoms with E-state index in [2.05, 4.69) is 16.2 Å². The summed E-state index contributed by atoms with van der Waals surface area (Å²) in [4.78, 5) is 25.6. The fraction of sp³-hybridized carbons (Fsp3) is 0.579. The Balaban J connectivity index is 1.52. The standard InChI is InChI=1S/C19H28N4O4/c1-3-23(11-17(24)25)14-8-13(9-14)21-19(26)16-10-20-22-18(16)12-4-6-15(27-2)7-5-12/h4-7,13-14,16,18,20,22H,3,8-11H2,1-2H3,(H,21,26)(H,24,25). The van der Waals surface area contributed by atoms with Crippen LogP contribution in [0.5, 0.6) is 5.75 Å². The van der Waals surface area contributed by atoms with Gasteiger partial charge in [0.05, 0.1) is 25.6 Å². The molecule has 27 heavy (non-hydrogen) atoms. The van der Waals surface area contributed by atoms with Gasteiger partial charge in [0.15, 0.2) is 0 Å². The molecule has 148 valence electrons. The highest BCUT2D eigenvalue weighted by atomic mass is 16.5. The van der Waals surface area contributed by atoms with E-state index in [4.69, 9.17) is 9.84 Å². The molecule has 1 aliphatic heterocycles. The second-order valence-electron chi connectivity index (χ2n) is 7.17. The van der Waals surface area contributed by atoms with Crippen LogP contribution >= 0.6 is 0 Å². The summed E-state index contributed by atoms with van der Waals surface area (Å²) in [6.07, 6.45) is 1.60. The molecule has 0 spiro atoms. The maximum absolute atomic E-state index is 12.8.